The molecule has 1 aromatic carbocycles. The highest BCUT2D eigenvalue weighted by atomic mass is 32.2. The van der Waals surface area contributed by atoms with Crippen molar-refractivity contribution in [1.82, 2.24) is 9.21 Å². The molecule has 0 N–H and O–H groups in total. The summed E-state index contributed by atoms with van der Waals surface area (Å²) in [4.78, 5) is 15.0. The standard InChI is InChI=1S/C23H30N2O6S2/c1-29-18-7-6-17(21(30-2)22(18)31-3)15-19(26)24-11-8-23(16-24)9-12-25(13-10-23)33(27,28)20-5-4-14-32-20/h4-7,14H,8-13,15-16H2,1-3H3. The molecule has 3 heterocycles. The topological polar surface area (TPSA) is 85.4 Å². The molecular formula is C23H30N2O6S2. The molecule has 2 saturated heterocycles. The fraction of sp³-hybridized carbons (Fsp3) is 0.522. The number of hydrogen-bond acceptors (Lipinski definition) is 7. The number of ether oxygens (including phenoxy) is 3. The number of likely N-dealkylation sites (tertiary alicyclic amines) is 1. The van der Waals surface area contributed by atoms with Gasteiger partial charge in [0, 0.05) is 31.7 Å². The minimum absolute atomic E-state index is 0.0151. The normalized spacial score (nSPS) is 18.5. The summed E-state index contributed by atoms with van der Waals surface area (Å²) in [5.74, 6) is 1.56. The van der Waals surface area contributed by atoms with Gasteiger partial charge in [0.05, 0.1) is 27.8 Å². The predicted octanol–water partition coefficient (Wildman–Crippen LogP) is 3.02. The van der Waals surface area contributed by atoms with Crippen molar-refractivity contribution < 1.29 is 27.4 Å². The average molecular weight is 495 g/mol. The first kappa shape index (κ1) is 23.8. The van der Waals surface area contributed by atoms with E-state index in [2.05, 4.69) is 0 Å². The smallest absolute Gasteiger partial charge is 0.252 e. The molecule has 0 unspecified atom stereocenters. The molecule has 33 heavy (non-hydrogen) atoms. The maximum absolute atomic E-state index is 13.1. The fourth-order valence-corrected chi connectivity index (χ4v) is 7.46. The summed E-state index contributed by atoms with van der Waals surface area (Å²) < 4.78 is 43.9. The lowest BCUT2D eigenvalue weighted by Crippen LogP contribution is -2.44. The molecule has 1 aromatic heterocycles. The van der Waals surface area contributed by atoms with Gasteiger partial charge in [-0.1, -0.05) is 12.1 Å². The Morgan fingerprint density at radius 3 is 2.30 bits per heavy atom. The Morgan fingerprint density at radius 1 is 1.00 bits per heavy atom. The molecule has 8 nitrogen and oxygen atoms in total. The van der Waals surface area contributed by atoms with Crippen LogP contribution < -0.4 is 14.2 Å². The number of carbonyl (C=O) groups excluding carboxylic acids is 1. The zero-order valence-corrected chi connectivity index (χ0v) is 20.8. The number of benzene rings is 1. The monoisotopic (exact) mass is 494 g/mol. The van der Waals surface area contributed by atoms with Crippen LogP contribution in [0.3, 0.4) is 0 Å². The molecule has 0 bridgehead atoms. The van der Waals surface area contributed by atoms with Crippen molar-refractivity contribution in [3.05, 3.63) is 35.2 Å². The van der Waals surface area contributed by atoms with Crippen LogP contribution in [0.4, 0.5) is 0 Å². The van der Waals surface area contributed by atoms with E-state index < -0.39 is 10.0 Å². The van der Waals surface area contributed by atoms with E-state index in [0.717, 1.165) is 24.8 Å². The number of nitrogens with zero attached hydrogens (tertiary/aromatic N) is 2. The third-order valence-electron chi connectivity index (χ3n) is 6.79. The van der Waals surface area contributed by atoms with E-state index >= 15 is 0 Å². The molecule has 0 aliphatic carbocycles. The fourth-order valence-electron chi connectivity index (χ4n) is 4.87. The van der Waals surface area contributed by atoms with Crippen LogP contribution in [0.15, 0.2) is 33.9 Å². The molecule has 2 fully saturated rings. The molecule has 0 saturated carbocycles. The molecule has 0 radical (unpaired) electrons. The molecule has 2 aliphatic rings. The van der Waals surface area contributed by atoms with Crippen LogP contribution in [0.2, 0.25) is 0 Å². The SMILES string of the molecule is COc1ccc(CC(=O)N2CCC3(CCN(S(=O)(=O)c4cccs4)CC3)C2)c(OC)c1OC. The Bertz CT molecular complexity index is 1090. The number of thiophene rings is 1. The van der Waals surface area contributed by atoms with Crippen molar-refractivity contribution >= 4 is 27.3 Å². The predicted molar refractivity (Wildman–Crippen MR) is 126 cm³/mol. The van der Waals surface area contributed by atoms with Crippen molar-refractivity contribution in [2.45, 2.75) is 29.9 Å². The Kier molecular flexibility index (Phi) is 6.88. The second-order valence-corrected chi connectivity index (χ2v) is 11.7. The first-order valence-electron chi connectivity index (χ1n) is 10.9. The van der Waals surface area contributed by atoms with Crippen LogP contribution in [0, 0.1) is 5.41 Å². The molecule has 4 rings (SSSR count). The Morgan fingerprint density at radius 2 is 1.70 bits per heavy atom. The zero-order valence-electron chi connectivity index (χ0n) is 19.2. The van der Waals surface area contributed by atoms with Crippen LogP contribution in [0.25, 0.3) is 0 Å². The second kappa shape index (κ2) is 9.52. The maximum Gasteiger partial charge on any atom is 0.252 e. The summed E-state index contributed by atoms with van der Waals surface area (Å²) in [7, 11) is 1.23. The zero-order chi connectivity index (χ0) is 23.6. The summed E-state index contributed by atoms with van der Waals surface area (Å²) in [6.45, 7) is 2.33. The average Bonchev–Trinajstić information content (AvgIpc) is 3.50. The maximum atomic E-state index is 13.1. The molecule has 10 heteroatoms. The number of methoxy groups -OCH3 is 3. The van der Waals surface area contributed by atoms with Crippen LogP contribution in [0.1, 0.15) is 24.8 Å². The minimum Gasteiger partial charge on any atom is -0.493 e. The van der Waals surface area contributed by atoms with Crippen LogP contribution in [-0.4, -0.2) is 71.0 Å². The molecule has 1 spiro atoms. The van der Waals surface area contributed by atoms with Crippen molar-refractivity contribution in [3.8, 4) is 17.2 Å². The molecular weight excluding hydrogens is 464 g/mol. The van der Waals surface area contributed by atoms with Gasteiger partial charge in [-0.25, -0.2) is 8.42 Å². The van der Waals surface area contributed by atoms with Gasteiger partial charge in [0.15, 0.2) is 11.5 Å². The summed E-state index contributed by atoms with van der Waals surface area (Å²) in [5.41, 5.74) is 0.733. The summed E-state index contributed by atoms with van der Waals surface area (Å²) in [5, 5.41) is 1.78. The van der Waals surface area contributed by atoms with Crippen LogP contribution >= 0.6 is 11.3 Å². The van der Waals surface area contributed by atoms with Gasteiger partial charge >= 0.3 is 0 Å². The third-order valence-corrected chi connectivity index (χ3v) is 10.1. The van der Waals surface area contributed by atoms with Gasteiger partial charge in [0.1, 0.15) is 4.21 Å². The number of amides is 1. The van der Waals surface area contributed by atoms with Crippen LogP contribution in [-0.2, 0) is 21.2 Å². The lowest BCUT2D eigenvalue weighted by atomic mass is 9.78. The number of carbonyl (C=O) groups is 1. The van der Waals surface area contributed by atoms with E-state index in [1.165, 1.54) is 11.3 Å². The number of piperidine rings is 1. The molecule has 1 amide bonds. The Labute approximate surface area is 199 Å². The van der Waals surface area contributed by atoms with E-state index in [1.807, 2.05) is 11.0 Å². The van der Waals surface area contributed by atoms with E-state index in [4.69, 9.17) is 14.2 Å². The third kappa shape index (κ3) is 4.56. The van der Waals surface area contributed by atoms with Gasteiger partial charge in [-0.3, -0.25) is 4.79 Å². The number of rotatable bonds is 7. The molecule has 2 aromatic rings. The van der Waals surface area contributed by atoms with Crippen molar-refractivity contribution in [2.24, 2.45) is 5.41 Å². The van der Waals surface area contributed by atoms with Gasteiger partial charge in [-0.15, -0.1) is 11.3 Å². The number of sulfonamides is 1. The summed E-state index contributed by atoms with van der Waals surface area (Å²) in [6.07, 6.45) is 2.63. The largest absolute Gasteiger partial charge is 0.493 e. The van der Waals surface area contributed by atoms with E-state index in [-0.39, 0.29) is 17.7 Å². The van der Waals surface area contributed by atoms with Gasteiger partial charge in [0.2, 0.25) is 11.7 Å². The Hall–Kier alpha value is -2.30. The second-order valence-electron chi connectivity index (χ2n) is 8.57. The van der Waals surface area contributed by atoms with Gasteiger partial charge in [0.25, 0.3) is 10.0 Å². The van der Waals surface area contributed by atoms with Gasteiger partial charge in [-0.2, -0.15) is 4.31 Å². The summed E-state index contributed by atoms with van der Waals surface area (Å²) >= 11 is 1.25. The van der Waals surface area contributed by atoms with Crippen molar-refractivity contribution in [1.29, 1.82) is 0 Å². The molecule has 0 atom stereocenters. The summed E-state index contributed by atoms with van der Waals surface area (Å²) in [6, 6.07) is 7.02. The van der Waals surface area contributed by atoms with E-state index in [9.17, 15) is 13.2 Å². The Balaban J connectivity index is 1.40. The highest BCUT2D eigenvalue weighted by Gasteiger charge is 2.44. The highest BCUT2D eigenvalue weighted by molar-refractivity contribution is 7.91. The van der Waals surface area contributed by atoms with Gasteiger partial charge < -0.3 is 19.1 Å². The van der Waals surface area contributed by atoms with Crippen molar-refractivity contribution in [3.63, 3.8) is 0 Å². The van der Waals surface area contributed by atoms with E-state index in [1.54, 1.807) is 49.2 Å². The van der Waals surface area contributed by atoms with Crippen LogP contribution in [0.5, 0.6) is 17.2 Å². The molecule has 180 valence electrons. The molecule has 2 aliphatic heterocycles. The minimum atomic E-state index is -3.42. The quantitative estimate of drug-likeness (QED) is 0.588. The van der Waals surface area contributed by atoms with E-state index in [0.29, 0.717) is 47.6 Å². The van der Waals surface area contributed by atoms with Crippen molar-refractivity contribution in [2.75, 3.05) is 47.5 Å². The lowest BCUT2D eigenvalue weighted by Gasteiger charge is -2.38. The lowest BCUT2D eigenvalue weighted by molar-refractivity contribution is -0.130. The highest BCUT2D eigenvalue weighted by Crippen LogP contribution is 2.43. The first-order valence-corrected chi connectivity index (χ1v) is 13.2. The first-order chi connectivity index (χ1) is 15.8. The van der Waals surface area contributed by atoms with Gasteiger partial charge in [-0.05, 0) is 42.2 Å². The number of hydrogen-bond donors (Lipinski definition) is 0.